The Morgan fingerprint density at radius 1 is 1.07 bits per heavy atom. The molecule has 1 N–H and O–H groups in total. The highest BCUT2D eigenvalue weighted by Gasteiger charge is 2.20. The summed E-state index contributed by atoms with van der Waals surface area (Å²) in [6.07, 6.45) is 2.36. The Labute approximate surface area is 176 Å². The van der Waals surface area contributed by atoms with Gasteiger partial charge in [0.05, 0.1) is 18.8 Å². The van der Waals surface area contributed by atoms with Gasteiger partial charge >= 0.3 is 12.0 Å². The minimum atomic E-state index is -0.372. The smallest absolute Gasteiger partial charge is 0.339 e. The summed E-state index contributed by atoms with van der Waals surface area (Å²) in [6.45, 7) is 7.30. The van der Waals surface area contributed by atoms with E-state index in [0.29, 0.717) is 44.1 Å². The molecule has 2 amide bonds. The molecule has 0 aliphatic carbocycles. The third-order valence-electron chi connectivity index (χ3n) is 4.76. The van der Waals surface area contributed by atoms with E-state index in [2.05, 4.69) is 15.2 Å². The summed E-state index contributed by atoms with van der Waals surface area (Å²) in [6, 6.07) is 10.8. The lowest BCUT2D eigenvalue weighted by Gasteiger charge is -2.23. The predicted octanol–water partition coefficient (Wildman–Crippen LogP) is 3.40. The van der Waals surface area contributed by atoms with Gasteiger partial charge in [-0.25, -0.2) is 14.6 Å². The van der Waals surface area contributed by atoms with Gasteiger partial charge in [0.15, 0.2) is 0 Å². The summed E-state index contributed by atoms with van der Waals surface area (Å²) in [5, 5.41) is 2.95. The maximum absolute atomic E-state index is 12.7. The van der Waals surface area contributed by atoms with E-state index in [9.17, 15) is 9.59 Å². The SMILES string of the molecule is CCOC(=O)c1ccc(N2CCCN(C(=O)Nc3cccc(OCC)c3)CC2)nc1. The van der Waals surface area contributed by atoms with Crippen LogP contribution in [0.25, 0.3) is 0 Å². The van der Waals surface area contributed by atoms with Gasteiger partial charge < -0.3 is 24.6 Å². The average molecular weight is 412 g/mol. The molecule has 1 aliphatic rings. The van der Waals surface area contributed by atoms with Crippen LogP contribution in [0.3, 0.4) is 0 Å². The zero-order chi connectivity index (χ0) is 21.3. The van der Waals surface area contributed by atoms with E-state index in [1.54, 1.807) is 17.9 Å². The van der Waals surface area contributed by atoms with Crippen LogP contribution in [-0.2, 0) is 4.74 Å². The standard InChI is InChI=1S/C22H28N4O4/c1-3-29-19-8-5-7-18(15-19)24-22(28)26-12-6-11-25(13-14-26)20-10-9-17(16-23-20)21(27)30-4-2/h5,7-10,15-16H,3-4,6,11-14H2,1-2H3,(H,24,28). The number of pyridine rings is 1. The fourth-order valence-electron chi connectivity index (χ4n) is 3.29. The fourth-order valence-corrected chi connectivity index (χ4v) is 3.29. The number of urea groups is 1. The van der Waals surface area contributed by atoms with Crippen molar-refractivity contribution < 1.29 is 19.1 Å². The Balaban J connectivity index is 1.57. The van der Waals surface area contributed by atoms with Crippen molar-refractivity contribution >= 4 is 23.5 Å². The Hall–Kier alpha value is -3.29. The highest BCUT2D eigenvalue weighted by atomic mass is 16.5. The number of rotatable bonds is 6. The van der Waals surface area contributed by atoms with Crippen LogP contribution in [-0.4, -0.2) is 61.3 Å². The Bertz CT molecular complexity index is 856. The summed E-state index contributed by atoms with van der Waals surface area (Å²) >= 11 is 0. The number of anilines is 2. The first-order valence-electron chi connectivity index (χ1n) is 10.3. The minimum absolute atomic E-state index is 0.129. The number of carbonyl (C=O) groups excluding carboxylic acids is 2. The van der Waals surface area contributed by atoms with Gasteiger partial charge in [-0.3, -0.25) is 0 Å². The molecule has 1 aromatic heterocycles. The monoisotopic (exact) mass is 412 g/mol. The van der Waals surface area contributed by atoms with Gasteiger partial charge in [-0.15, -0.1) is 0 Å². The van der Waals surface area contributed by atoms with Gasteiger partial charge in [0.25, 0.3) is 0 Å². The second-order valence-electron chi connectivity index (χ2n) is 6.84. The molecule has 8 nitrogen and oxygen atoms in total. The zero-order valence-corrected chi connectivity index (χ0v) is 17.5. The summed E-state index contributed by atoms with van der Waals surface area (Å²) in [4.78, 5) is 32.8. The molecule has 1 aliphatic heterocycles. The van der Waals surface area contributed by atoms with Gasteiger partial charge in [0.1, 0.15) is 11.6 Å². The van der Waals surface area contributed by atoms with Crippen molar-refractivity contribution in [3.63, 3.8) is 0 Å². The molecular weight excluding hydrogens is 384 g/mol. The fraction of sp³-hybridized carbons (Fsp3) is 0.409. The maximum atomic E-state index is 12.7. The van der Waals surface area contributed by atoms with Gasteiger partial charge in [-0.05, 0) is 44.5 Å². The van der Waals surface area contributed by atoms with Crippen molar-refractivity contribution in [2.45, 2.75) is 20.3 Å². The second kappa shape index (κ2) is 10.5. The zero-order valence-electron chi connectivity index (χ0n) is 17.5. The van der Waals surface area contributed by atoms with Gasteiger partial charge in [0.2, 0.25) is 0 Å². The van der Waals surface area contributed by atoms with E-state index in [-0.39, 0.29) is 12.0 Å². The molecule has 2 aromatic rings. The van der Waals surface area contributed by atoms with Gasteiger partial charge in [0, 0.05) is 44.1 Å². The molecular formula is C22H28N4O4. The second-order valence-corrected chi connectivity index (χ2v) is 6.84. The quantitative estimate of drug-likeness (QED) is 0.732. The first-order chi connectivity index (χ1) is 14.6. The number of benzene rings is 1. The Kier molecular flexibility index (Phi) is 7.48. The van der Waals surface area contributed by atoms with Crippen LogP contribution in [0, 0.1) is 0 Å². The highest BCUT2D eigenvalue weighted by molar-refractivity contribution is 5.90. The lowest BCUT2D eigenvalue weighted by molar-refractivity contribution is 0.0526. The van der Waals surface area contributed by atoms with Crippen molar-refractivity contribution in [1.29, 1.82) is 0 Å². The number of aromatic nitrogens is 1. The van der Waals surface area contributed by atoms with Crippen LogP contribution in [0.1, 0.15) is 30.6 Å². The summed E-state index contributed by atoms with van der Waals surface area (Å²) in [7, 11) is 0. The summed E-state index contributed by atoms with van der Waals surface area (Å²) in [5.74, 6) is 1.15. The Morgan fingerprint density at radius 3 is 2.67 bits per heavy atom. The number of hydrogen-bond acceptors (Lipinski definition) is 6. The first kappa shape index (κ1) is 21.4. The van der Waals surface area contributed by atoms with Crippen molar-refractivity contribution in [2.75, 3.05) is 49.6 Å². The van der Waals surface area contributed by atoms with E-state index < -0.39 is 0 Å². The molecule has 160 valence electrons. The largest absolute Gasteiger partial charge is 0.494 e. The normalized spacial score (nSPS) is 14.1. The van der Waals surface area contributed by atoms with Gasteiger partial charge in [-0.2, -0.15) is 0 Å². The molecule has 30 heavy (non-hydrogen) atoms. The third kappa shape index (κ3) is 5.62. The number of carbonyl (C=O) groups is 2. The van der Waals surface area contributed by atoms with E-state index in [4.69, 9.17) is 9.47 Å². The molecule has 0 saturated carbocycles. The van der Waals surface area contributed by atoms with Crippen molar-refractivity contribution in [2.24, 2.45) is 0 Å². The number of hydrogen-bond donors (Lipinski definition) is 1. The van der Waals surface area contributed by atoms with Gasteiger partial charge in [-0.1, -0.05) is 6.07 Å². The van der Waals surface area contributed by atoms with E-state index in [0.717, 1.165) is 24.5 Å². The minimum Gasteiger partial charge on any atom is -0.494 e. The summed E-state index contributed by atoms with van der Waals surface area (Å²) < 4.78 is 10.5. The first-order valence-corrected chi connectivity index (χ1v) is 10.3. The number of nitrogens with zero attached hydrogens (tertiary/aromatic N) is 3. The molecule has 3 rings (SSSR count). The lowest BCUT2D eigenvalue weighted by Crippen LogP contribution is -2.38. The van der Waals surface area contributed by atoms with E-state index >= 15 is 0 Å². The molecule has 0 unspecified atom stereocenters. The van der Waals surface area contributed by atoms with Crippen LogP contribution in [0.15, 0.2) is 42.6 Å². The molecule has 8 heteroatoms. The van der Waals surface area contributed by atoms with Crippen LogP contribution >= 0.6 is 0 Å². The third-order valence-corrected chi connectivity index (χ3v) is 4.76. The molecule has 0 atom stereocenters. The van der Waals surface area contributed by atoms with Crippen molar-refractivity contribution in [3.8, 4) is 5.75 Å². The number of esters is 1. The molecule has 0 radical (unpaired) electrons. The van der Waals surface area contributed by atoms with Crippen LogP contribution < -0.4 is 15.0 Å². The van der Waals surface area contributed by atoms with Crippen molar-refractivity contribution in [3.05, 3.63) is 48.2 Å². The predicted molar refractivity (Wildman–Crippen MR) is 115 cm³/mol. The number of nitrogens with one attached hydrogen (secondary N) is 1. The van der Waals surface area contributed by atoms with E-state index in [1.807, 2.05) is 37.3 Å². The average Bonchev–Trinajstić information content (AvgIpc) is 3.01. The topological polar surface area (TPSA) is 84.0 Å². The Morgan fingerprint density at radius 2 is 1.93 bits per heavy atom. The number of ether oxygens (including phenoxy) is 2. The molecule has 1 aromatic carbocycles. The molecule has 0 bridgehead atoms. The summed E-state index contributed by atoms with van der Waals surface area (Å²) in [5.41, 5.74) is 1.15. The van der Waals surface area contributed by atoms with Crippen molar-refractivity contribution in [1.82, 2.24) is 9.88 Å². The molecule has 2 heterocycles. The lowest BCUT2D eigenvalue weighted by atomic mass is 10.2. The number of amides is 2. The van der Waals surface area contributed by atoms with Crippen LogP contribution in [0.2, 0.25) is 0 Å². The molecule has 1 fully saturated rings. The van der Waals surface area contributed by atoms with E-state index in [1.165, 1.54) is 6.20 Å². The molecule has 0 spiro atoms. The van der Waals surface area contributed by atoms with Crippen LogP contribution in [0.5, 0.6) is 5.75 Å². The maximum Gasteiger partial charge on any atom is 0.339 e. The highest BCUT2D eigenvalue weighted by Crippen LogP contribution is 2.19. The van der Waals surface area contributed by atoms with Crippen LogP contribution in [0.4, 0.5) is 16.3 Å². The molecule has 1 saturated heterocycles.